The number of thioether (sulfide) groups is 1. The Bertz CT molecular complexity index is 542. The zero-order valence-electron chi connectivity index (χ0n) is 16.9. The third-order valence-corrected chi connectivity index (χ3v) is 7.85. The monoisotopic (exact) mass is 419 g/mol. The van der Waals surface area contributed by atoms with Gasteiger partial charge in [-0.1, -0.05) is 19.3 Å². The Morgan fingerprint density at radius 1 is 1.15 bits per heavy atom. The summed E-state index contributed by atoms with van der Waals surface area (Å²) in [5.41, 5.74) is 0. The van der Waals surface area contributed by atoms with Gasteiger partial charge in [-0.05, 0) is 57.0 Å². The van der Waals surface area contributed by atoms with Crippen LogP contribution >= 0.6 is 11.8 Å². The molecule has 1 heterocycles. The second-order valence-electron chi connectivity index (χ2n) is 7.94. The first-order valence-corrected chi connectivity index (χ1v) is 13.5. The molecule has 2 aliphatic rings. The summed E-state index contributed by atoms with van der Waals surface area (Å²) in [5.74, 6) is 1.43. The fourth-order valence-electron chi connectivity index (χ4n) is 4.08. The number of piperidine rings is 1. The summed E-state index contributed by atoms with van der Waals surface area (Å²) >= 11 is 1.62. The van der Waals surface area contributed by atoms with Gasteiger partial charge in [-0.3, -0.25) is 4.79 Å². The Morgan fingerprint density at radius 3 is 2.41 bits per heavy atom. The van der Waals surface area contributed by atoms with Crippen LogP contribution in [0.25, 0.3) is 0 Å². The minimum atomic E-state index is -3.39. The van der Waals surface area contributed by atoms with E-state index in [0.717, 1.165) is 37.6 Å². The van der Waals surface area contributed by atoms with E-state index in [-0.39, 0.29) is 17.7 Å². The minimum Gasteiger partial charge on any atom is -0.352 e. The van der Waals surface area contributed by atoms with Crippen molar-refractivity contribution in [2.75, 3.05) is 37.4 Å². The van der Waals surface area contributed by atoms with Gasteiger partial charge in [0.2, 0.25) is 15.9 Å². The van der Waals surface area contributed by atoms with Crippen molar-refractivity contribution in [2.45, 2.75) is 70.4 Å². The lowest BCUT2D eigenvalue weighted by atomic mass is 9.88. The number of nitrogens with one attached hydrogen (secondary N) is 2. The molecule has 2 rings (SSSR count). The van der Waals surface area contributed by atoms with Crippen molar-refractivity contribution in [3.05, 3.63) is 0 Å². The van der Waals surface area contributed by atoms with Crippen molar-refractivity contribution in [1.29, 1.82) is 0 Å². The van der Waals surface area contributed by atoms with Crippen molar-refractivity contribution < 1.29 is 13.2 Å². The van der Waals surface area contributed by atoms with Gasteiger partial charge in [-0.25, -0.2) is 13.1 Å². The molecule has 158 valence electrons. The van der Waals surface area contributed by atoms with Crippen LogP contribution in [0.3, 0.4) is 0 Å². The molecule has 27 heavy (non-hydrogen) atoms. The topological polar surface area (TPSA) is 78.5 Å². The van der Waals surface area contributed by atoms with E-state index >= 15 is 0 Å². The van der Waals surface area contributed by atoms with Crippen LogP contribution in [0.2, 0.25) is 0 Å². The van der Waals surface area contributed by atoms with Crippen LogP contribution in [0, 0.1) is 5.92 Å². The van der Waals surface area contributed by atoms with E-state index in [1.807, 2.05) is 6.26 Å². The molecule has 8 heteroatoms. The van der Waals surface area contributed by atoms with Crippen LogP contribution in [0.4, 0.5) is 0 Å². The molecule has 2 fully saturated rings. The van der Waals surface area contributed by atoms with Crippen LogP contribution in [-0.4, -0.2) is 68.7 Å². The number of carbonyl (C=O) groups excluding carboxylic acids is 1. The molecule has 6 nitrogen and oxygen atoms in total. The number of amides is 1. The predicted molar refractivity (Wildman–Crippen MR) is 114 cm³/mol. The Kier molecular flexibility index (Phi) is 9.90. The van der Waals surface area contributed by atoms with Crippen LogP contribution < -0.4 is 10.0 Å². The lowest BCUT2D eigenvalue weighted by molar-refractivity contribution is -0.123. The van der Waals surface area contributed by atoms with Gasteiger partial charge in [-0.2, -0.15) is 11.8 Å². The van der Waals surface area contributed by atoms with E-state index in [1.54, 1.807) is 18.7 Å². The van der Waals surface area contributed by atoms with Crippen LogP contribution in [0.5, 0.6) is 0 Å². The number of nitrogens with zero attached hydrogens (tertiary/aromatic N) is 1. The lowest BCUT2D eigenvalue weighted by Crippen LogP contribution is -2.52. The summed E-state index contributed by atoms with van der Waals surface area (Å²) in [7, 11) is -3.39. The molecule has 1 saturated heterocycles. The molecular weight excluding hydrogens is 382 g/mol. The largest absolute Gasteiger partial charge is 0.352 e. The van der Waals surface area contributed by atoms with E-state index in [4.69, 9.17) is 0 Å². The summed E-state index contributed by atoms with van der Waals surface area (Å²) in [6.45, 7) is 4.84. The zero-order valence-corrected chi connectivity index (χ0v) is 18.5. The molecule has 1 unspecified atom stereocenters. The fraction of sp³-hybridized carbons (Fsp3) is 0.947. The SMILES string of the molecule is CCS(=O)(=O)NC(CCSC)C(=O)NC1CCN(CC2CCCCC2)CC1. The normalized spacial score (nSPS) is 21.9. The molecule has 2 N–H and O–H groups in total. The third kappa shape index (κ3) is 8.30. The number of rotatable bonds is 10. The molecular formula is C19H37N3O3S2. The molecule has 1 aliphatic heterocycles. The number of carbonyl (C=O) groups is 1. The van der Waals surface area contributed by atoms with Gasteiger partial charge in [-0.15, -0.1) is 0 Å². The fourth-order valence-corrected chi connectivity index (χ4v) is 5.37. The number of sulfonamides is 1. The zero-order chi connectivity index (χ0) is 19.7. The summed E-state index contributed by atoms with van der Waals surface area (Å²) < 4.78 is 26.4. The maximum absolute atomic E-state index is 12.6. The van der Waals surface area contributed by atoms with E-state index in [0.29, 0.717) is 6.42 Å². The molecule has 0 aromatic heterocycles. The highest BCUT2D eigenvalue weighted by Gasteiger charge is 2.28. The highest BCUT2D eigenvalue weighted by Crippen LogP contribution is 2.25. The van der Waals surface area contributed by atoms with Gasteiger partial charge in [0.1, 0.15) is 6.04 Å². The first kappa shape index (κ1) is 23.0. The molecule has 1 saturated carbocycles. The van der Waals surface area contributed by atoms with Gasteiger partial charge in [0, 0.05) is 25.7 Å². The smallest absolute Gasteiger partial charge is 0.238 e. The molecule has 1 aliphatic carbocycles. The van der Waals surface area contributed by atoms with E-state index in [9.17, 15) is 13.2 Å². The van der Waals surface area contributed by atoms with Gasteiger partial charge in [0.25, 0.3) is 0 Å². The maximum atomic E-state index is 12.6. The van der Waals surface area contributed by atoms with Crippen molar-refractivity contribution >= 4 is 27.7 Å². The summed E-state index contributed by atoms with van der Waals surface area (Å²) in [5, 5.41) is 3.10. The van der Waals surface area contributed by atoms with Crippen LogP contribution in [-0.2, 0) is 14.8 Å². The maximum Gasteiger partial charge on any atom is 0.238 e. The minimum absolute atomic E-state index is 0.00436. The number of hydrogen-bond acceptors (Lipinski definition) is 5. The summed E-state index contributed by atoms with van der Waals surface area (Å²) in [6, 6.07) is -0.509. The van der Waals surface area contributed by atoms with Crippen molar-refractivity contribution in [1.82, 2.24) is 14.9 Å². The highest BCUT2D eigenvalue weighted by molar-refractivity contribution is 7.98. The average Bonchev–Trinajstić information content (AvgIpc) is 2.67. The Hall–Kier alpha value is -0.310. The molecule has 0 aromatic rings. The molecule has 1 amide bonds. The first-order chi connectivity index (χ1) is 12.9. The van der Waals surface area contributed by atoms with Crippen LogP contribution in [0.15, 0.2) is 0 Å². The van der Waals surface area contributed by atoms with E-state index in [1.165, 1.54) is 38.6 Å². The summed E-state index contributed by atoms with van der Waals surface area (Å²) in [4.78, 5) is 15.2. The Balaban J connectivity index is 1.78. The quantitative estimate of drug-likeness (QED) is 0.568. The number of likely N-dealkylation sites (tertiary alicyclic amines) is 1. The van der Waals surface area contributed by atoms with Gasteiger partial charge in [0.05, 0.1) is 5.75 Å². The molecule has 0 aromatic carbocycles. The Labute approximate surface area is 169 Å². The second-order valence-corrected chi connectivity index (χ2v) is 11.0. The molecule has 0 spiro atoms. The third-order valence-electron chi connectivity index (χ3n) is 5.80. The highest BCUT2D eigenvalue weighted by atomic mass is 32.2. The second kappa shape index (κ2) is 11.6. The lowest BCUT2D eigenvalue weighted by Gasteiger charge is -2.36. The average molecular weight is 420 g/mol. The van der Waals surface area contributed by atoms with Crippen molar-refractivity contribution in [3.8, 4) is 0 Å². The van der Waals surface area contributed by atoms with Gasteiger partial charge >= 0.3 is 0 Å². The van der Waals surface area contributed by atoms with Crippen molar-refractivity contribution in [3.63, 3.8) is 0 Å². The molecule has 1 atom stereocenters. The van der Waals surface area contributed by atoms with E-state index < -0.39 is 16.1 Å². The Morgan fingerprint density at radius 2 is 1.81 bits per heavy atom. The van der Waals surface area contributed by atoms with E-state index in [2.05, 4.69) is 14.9 Å². The standard InChI is InChI=1S/C19H37N3O3S2/c1-3-27(24,25)21-18(11-14-26-2)19(23)20-17-9-12-22(13-10-17)15-16-7-5-4-6-8-16/h16-18,21H,3-15H2,1-2H3,(H,20,23). The van der Waals surface area contributed by atoms with Gasteiger partial charge < -0.3 is 10.2 Å². The molecule has 0 bridgehead atoms. The summed E-state index contributed by atoms with van der Waals surface area (Å²) in [6.07, 6.45) is 11.3. The van der Waals surface area contributed by atoms with Crippen LogP contribution in [0.1, 0.15) is 58.3 Å². The van der Waals surface area contributed by atoms with Gasteiger partial charge in [0.15, 0.2) is 0 Å². The predicted octanol–water partition coefficient (Wildman–Crippen LogP) is 2.21. The van der Waals surface area contributed by atoms with Crippen molar-refractivity contribution in [2.24, 2.45) is 5.92 Å². The number of hydrogen-bond donors (Lipinski definition) is 2. The first-order valence-electron chi connectivity index (χ1n) is 10.4. The molecule has 0 radical (unpaired) electrons.